The third kappa shape index (κ3) is 4.80. The van der Waals surface area contributed by atoms with E-state index in [1.807, 2.05) is 43.3 Å². The molecular weight excluding hydrogens is 670 g/mol. The van der Waals surface area contributed by atoms with Crippen LogP contribution in [0.3, 0.4) is 0 Å². The van der Waals surface area contributed by atoms with Crippen LogP contribution in [0.5, 0.6) is 5.75 Å². The zero-order valence-corrected chi connectivity index (χ0v) is 26.7. The second-order valence-electron chi connectivity index (χ2n) is 11.8. The van der Waals surface area contributed by atoms with Crippen LogP contribution in [-0.4, -0.2) is 57.1 Å². The number of ether oxygens (including phenoxy) is 1. The van der Waals surface area contributed by atoms with Crippen LogP contribution in [0.4, 0.5) is 5.69 Å². The number of likely N-dealkylation sites (tertiary alicyclic amines) is 1. The molecule has 7 atom stereocenters. The number of hydrogen-bond acceptors (Lipinski definition) is 8. The van der Waals surface area contributed by atoms with Crippen LogP contribution in [-0.2, 0) is 19.2 Å². The Hall–Kier alpha value is -3.42. The summed E-state index contributed by atoms with van der Waals surface area (Å²) in [7, 11) is 0. The molecule has 2 saturated carbocycles. The Morgan fingerprint density at radius 1 is 1.11 bits per heavy atom. The van der Waals surface area contributed by atoms with E-state index in [9.17, 15) is 29.1 Å². The molecule has 3 N–H and O–H groups in total. The maximum Gasteiger partial charge on any atom is 0.305 e. The lowest BCUT2D eigenvalue weighted by molar-refractivity contribution is -0.142. The molecule has 6 unspecified atom stereocenters. The lowest BCUT2D eigenvalue weighted by Gasteiger charge is -2.43. The van der Waals surface area contributed by atoms with E-state index in [1.54, 1.807) is 17.8 Å². The largest absolute Gasteiger partial charge is 0.483 e. The summed E-state index contributed by atoms with van der Waals surface area (Å²) in [5, 5.41) is 12.8. The van der Waals surface area contributed by atoms with E-state index in [2.05, 4.69) is 26.2 Å². The van der Waals surface area contributed by atoms with Crippen LogP contribution in [0.1, 0.15) is 34.8 Å². The number of nitrogens with zero attached hydrogens (tertiary/aromatic N) is 1. The SMILES string of the molecule is Cc1ccccc1NC(=O)COc1ccc(Br)cc1[C@H]1c2sc(=O)[nH]c2SC2C3CC(C4C(=O)N(CCC(=O)O)C(=O)C34)C21. The van der Waals surface area contributed by atoms with E-state index in [1.165, 1.54) is 0 Å². The molecule has 0 radical (unpaired) electrons. The summed E-state index contributed by atoms with van der Waals surface area (Å²) in [6.45, 7) is 1.56. The predicted octanol–water partition coefficient (Wildman–Crippen LogP) is 4.47. The highest BCUT2D eigenvalue weighted by molar-refractivity contribution is 9.10. The minimum Gasteiger partial charge on any atom is -0.483 e. The highest BCUT2D eigenvalue weighted by atomic mass is 79.9. The number of halogens is 1. The van der Waals surface area contributed by atoms with E-state index in [4.69, 9.17) is 4.74 Å². The van der Waals surface area contributed by atoms with Crippen molar-refractivity contribution >= 4 is 68.4 Å². The van der Waals surface area contributed by atoms with Gasteiger partial charge in [0.1, 0.15) is 5.75 Å². The fourth-order valence-corrected chi connectivity index (χ4v) is 11.0. The number of amides is 3. The number of rotatable bonds is 8. The molecule has 2 aliphatic carbocycles. The van der Waals surface area contributed by atoms with Crippen molar-refractivity contribution in [3.8, 4) is 5.75 Å². The van der Waals surface area contributed by atoms with E-state index in [0.29, 0.717) is 17.9 Å². The van der Waals surface area contributed by atoms with Crippen molar-refractivity contribution in [1.29, 1.82) is 0 Å². The van der Waals surface area contributed by atoms with E-state index >= 15 is 0 Å². The first kappa shape index (κ1) is 29.3. The third-order valence-electron chi connectivity index (χ3n) is 9.45. The molecule has 2 bridgehead atoms. The topological polar surface area (TPSA) is 146 Å². The second-order valence-corrected chi connectivity index (χ2v) is 14.9. The number of aryl methyl sites for hydroxylation is 1. The van der Waals surface area contributed by atoms with Gasteiger partial charge < -0.3 is 20.1 Å². The Kier molecular flexibility index (Phi) is 7.45. The van der Waals surface area contributed by atoms with Gasteiger partial charge in [0.15, 0.2) is 6.61 Å². The van der Waals surface area contributed by atoms with Crippen molar-refractivity contribution in [3.63, 3.8) is 0 Å². The average Bonchev–Trinajstić information content (AvgIpc) is 3.71. The van der Waals surface area contributed by atoms with Gasteiger partial charge in [-0.1, -0.05) is 45.5 Å². The Labute approximate surface area is 268 Å². The lowest BCUT2D eigenvalue weighted by atomic mass is 9.68. The number of thiazole rings is 1. The van der Waals surface area contributed by atoms with Crippen LogP contribution >= 0.6 is 39.0 Å². The highest BCUT2D eigenvalue weighted by Gasteiger charge is 2.69. The summed E-state index contributed by atoms with van der Waals surface area (Å²) in [5.74, 6) is -3.01. The molecule has 1 saturated heterocycles. The van der Waals surface area contributed by atoms with Gasteiger partial charge in [-0.15, -0.1) is 11.8 Å². The molecule has 1 aromatic heterocycles. The quantitative estimate of drug-likeness (QED) is 0.292. The molecule has 2 aromatic carbocycles. The number of carbonyl (C=O) groups excluding carboxylic acids is 3. The maximum atomic E-state index is 13.6. The first-order valence-corrected chi connectivity index (χ1v) is 16.9. The number of para-hydroxylation sites is 1. The van der Waals surface area contributed by atoms with E-state index < -0.39 is 17.8 Å². The maximum absolute atomic E-state index is 13.6. The number of benzene rings is 2. The fraction of sp³-hybridized carbons (Fsp3) is 0.387. The molecule has 0 spiro atoms. The van der Waals surface area contributed by atoms with Gasteiger partial charge in [0.2, 0.25) is 11.8 Å². The number of imide groups is 1. The third-order valence-corrected chi connectivity index (χ3v) is 12.5. The first-order chi connectivity index (χ1) is 21.1. The number of anilines is 1. The molecule has 2 aliphatic heterocycles. The number of carboxylic acid groups (broad SMARTS) is 1. The summed E-state index contributed by atoms with van der Waals surface area (Å²) in [6, 6.07) is 13.1. The van der Waals surface area contributed by atoms with Crippen LogP contribution in [0.15, 0.2) is 56.8 Å². The van der Waals surface area contributed by atoms with Crippen molar-refractivity contribution in [2.75, 3.05) is 18.5 Å². The zero-order chi connectivity index (χ0) is 30.9. The smallest absolute Gasteiger partial charge is 0.305 e. The number of carbonyl (C=O) groups is 4. The Morgan fingerprint density at radius 2 is 1.86 bits per heavy atom. The van der Waals surface area contributed by atoms with Crippen LogP contribution < -0.4 is 14.9 Å². The van der Waals surface area contributed by atoms with Gasteiger partial charge in [-0.2, -0.15) is 0 Å². The van der Waals surface area contributed by atoms with Crippen molar-refractivity contribution in [2.24, 2.45) is 29.6 Å². The van der Waals surface area contributed by atoms with Crippen molar-refractivity contribution in [3.05, 3.63) is 72.6 Å². The van der Waals surface area contributed by atoms with Gasteiger partial charge in [-0.05, 0) is 60.9 Å². The van der Waals surface area contributed by atoms with Crippen molar-refractivity contribution in [1.82, 2.24) is 9.88 Å². The summed E-state index contributed by atoms with van der Waals surface area (Å²) < 4.78 is 6.96. The molecule has 3 fully saturated rings. The second kappa shape index (κ2) is 11.2. The molecule has 7 rings (SSSR count). The normalized spacial score (nSPS) is 28.0. The molecule has 3 aromatic rings. The molecule has 3 heterocycles. The monoisotopic (exact) mass is 697 g/mol. The number of aromatic amines is 1. The molecule has 44 heavy (non-hydrogen) atoms. The number of fused-ring (bicyclic) bond motifs is 9. The number of aliphatic carboxylic acids is 1. The van der Waals surface area contributed by atoms with Gasteiger partial charge in [0, 0.05) is 38.3 Å². The number of thioether (sulfide) groups is 1. The molecule has 4 aliphatic rings. The minimum absolute atomic E-state index is 0.0311. The van der Waals surface area contributed by atoms with E-state index in [0.717, 1.165) is 41.7 Å². The van der Waals surface area contributed by atoms with Gasteiger partial charge in [0.25, 0.3) is 5.91 Å². The molecule has 3 amide bonds. The molecule has 10 nitrogen and oxygen atoms in total. The van der Waals surface area contributed by atoms with Crippen molar-refractivity contribution in [2.45, 2.75) is 36.0 Å². The summed E-state index contributed by atoms with van der Waals surface area (Å²) in [6.07, 6.45) is 0.422. The zero-order valence-electron chi connectivity index (χ0n) is 23.4. The highest BCUT2D eigenvalue weighted by Crippen LogP contribution is 2.69. The Bertz CT molecular complexity index is 1770. The number of carboxylic acids is 1. The van der Waals surface area contributed by atoms with Crippen LogP contribution in [0.25, 0.3) is 0 Å². The molecule has 228 valence electrons. The Balaban J connectivity index is 1.22. The molecular formula is C31H28BrN3O7S2. The number of H-pyrrole nitrogens is 1. The van der Waals surface area contributed by atoms with Gasteiger partial charge in [-0.3, -0.25) is 28.9 Å². The molecule has 13 heteroatoms. The fourth-order valence-electron chi connectivity index (χ4n) is 7.79. The Morgan fingerprint density at radius 3 is 2.61 bits per heavy atom. The number of nitrogens with one attached hydrogen (secondary N) is 2. The van der Waals surface area contributed by atoms with Crippen LogP contribution in [0, 0.1) is 36.5 Å². The van der Waals surface area contributed by atoms with E-state index in [-0.39, 0.29) is 71.1 Å². The first-order valence-electron chi connectivity index (χ1n) is 14.4. The summed E-state index contributed by atoms with van der Waals surface area (Å²) in [4.78, 5) is 68.7. The number of aromatic nitrogens is 1. The van der Waals surface area contributed by atoms with Gasteiger partial charge >= 0.3 is 10.8 Å². The average molecular weight is 699 g/mol. The summed E-state index contributed by atoms with van der Waals surface area (Å²) >= 11 is 6.31. The minimum atomic E-state index is -1.06. The van der Waals surface area contributed by atoms with Gasteiger partial charge in [-0.25, -0.2) is 0 Å². The predicted molar refractivity (Wildman–Crippen MR) is 167 cm³/mol. The standard InChI is InChI=1S/C31H28BrN3O7S2/c1-13-4-2-3-5-18(13)33-20(36)12-42-19-7-6-14(32)10-15(19)22-23-16-11-17(26(23)43-28-27(22)44-31(41)34-28)25-24(16)29(39)35(30(25)40)9-8-21(37)38/h2-7,10,16-17,22-26H,8-9,11-12H2,1H3,(H,33,36)(H,34,41)(H,37,38)/t16?,17?,22-,23?,24?,25?,26?/m1/s1. The number of hydrogen-bond donors (Lipinski definition) is 3. The summed E-state index contributed by atoms with van der Waals surface area (Å²) in [5.41, 5.74) is 2.44. The lowest BCUT2D eigenvalue weighted by Crippen LogP contribution is -2.42. The van der Waals surface area contributed by atoms with Crippen LogP contribution in [0.2, 0.25) is 0 Å². The van der Waals surface area contributed by atoms with Gasteiger partial charge in [0.05, 0.1) is 23.3 Å². The van der Waals surface area contributed by atoms with Crippen molar-refractivity contribution < 1.29 is 29.0 Å².